The van der Waals surface area contributed by atoms with Crippen LogP contribution in [0.4, 0.5) is 11.5 Å². The Morgan fingerprint density at radius 3 is 2.48 bits per heavy atom. The van der Waals surface area contributed by atoms with Crippen LogP contribution in [0.1, 0.15) is 46.5 Å². The molecule has 1 saturated carbocycles. The van der Waals surface area contributed by atoms with E-state index in [4.69, 9.17) is 4.98 Å². The zero-order valence-electron chi connectivity index (χ0n) is 18.7. The first kappa shape index (κ1) is 21.0. The maximum atomic E-state index is 12.9. The Kier molecular flexibility index (Phi) is 6.02. The summed E-state index contributed by atoms with van der Waals surface area (Å²) in [5.41, 5.74) is 1.78. The summed E-state index contributed by atoms with van der Waals surface area (Å²) in [4.78, 5) is 30.9. The van der Waals surface area contributed by atoms with Crippen LogP contribution in [0, 0.1) is 0 Å². The Morgan fingerprint density at radius 1 is 1.10 bits per heavy atom. The molecule has 0 spiro atoms. The van der Waals surface area contributed by atoms with Crippen LogP contribution in [-0.4, -0.2) is 44.6 Å². The molecule has 1 amide bonds. The van der Waals surface area contributed by atoms with E-state index in [0.29, 0.717) is 12.0 Å². The molecule has 3 aromatic rings. The molecule has 2 aliphatic rings. The average Bonchev–Trinajstić information content (AvgIpc) is 3.28. The van der Waals surface area contributed by atoms with E-state index in [1.54, 1.807) is 17.3 Å². The number of nitrogens with zero attached hydrogens (tertiary/aromatic N) is 6. The fraction of sp³-hybridized carbons (Fsp3) is 0.417. The number of carbonyl (C=O) groups excluding carboxylic acids is 1. The number of hydrogen-bond acceptors (Lipinski definition) is 5. The largest absolute Gasteiger partial charge is 0.340 e. The van der Waals surface area contributed by atoms with Crippen LogP contribution >= 0.6 is 0 Å². The van der Waals surface area contributed by atoms with Gasteiger partial charge in [-0.15, -0.1) is 0 Å². The smallest absolute Gasteiger partial charge is 0.249 e. The number of anilines is 2. The number of likely N-dealkylation sites (N-methyl/N-ethyl adjacent to an activating group) is 1. The molecule has 0 N–H and O–H groups in total. The van der Waals surface area contributed by atoms with Gasteiger partial charge in [0.2, 0.25) is 11.9 Å². The van der Waals surface area contributed by atoms with Crippen molar-refractivity contribution in [1.29, 1.82) is 0 Å². The second-order valence-corrected chi connectivity index (χ2v) is 7.68. The van der Waals surface area contributed by atoms with Gasteiger partial charge in [-0.1, -0.05) is 51.1 Å². The lowest BCUT2D eigenvalue weighted by Crippen LogP contribution is -2.57. The summed E-state index contributed by atoms with van der Waals surface area (Å²) in [5, 5.41) is 0. The van der Waals surface area contributed by atoms with Crippen LogP contribution < -0.4 is 9.80 Å². The summed E-state index contributed by atoms with van der Waals surface area (Å²) in [7, 11) is 1.82. The molecule has 1 fully saturated rings. The molecule has 2 aromatic heterocycles. The van der Waals surface area contributed by atoms with E-state index in [0.717, 1.165) is 42.2 Å². The third-order valence-electron chi connectivity index (χ3n) is 6.04. The predicted molar refractivity (Wildman–Crippen MR) is 124 cm³/mol. The van der Waals surface area contributed by atoms with Gasteiger partial charge in [0.15, 0.2) is 5.82 Å². The first-order chi connectivity index (χ1) is 15.2. The van der Waals surface area contributed by atoms with Gasteiger partial charge in [-0.3, -0.25) is 9.36 Å². The van der Waals surface area contributed by atoms with Crippen molar-refractivity contribution in [2.24, 2.45) is 0 Å². The van der Waals surface area contributed by atoms with Crippen molar-refractivity contribution in [2.75, 3.05) is 16.8 Å². The molecule has 7 heteroatoms. The first-order valence-electron chi connectivity index (χ1n) is 11.2. The predicted octanol–water partition coefficient (Wildman–Crippen LogP) is 4.47. The van der Waals surface area contributed by atoms with Gasteiger partial charge in [0, 0.05) is 31.0 Å². The lowest BCUT2D eigenvalue weighted by molar-refractivity contribution is -0.120. The fourth-order valence-electron chi connectivity index (χ4n) is 4.24. The van der Waals surface area contributed by atoms with Crippen LogP contribution in [0.5, 0.6) is 0 Å². The van der Waals surface area contributed by atoms with Gasteiger partial charge in [-0.25, -0.2) is 9.97 Å². The number of fused-ring (bicyclic) bond motifs is 1. The molecule has 1 aliphatic carbocycles. The van der Waals surface area contributed by atoms with Crippen LogP contribution in [0.3, 0.4) is 0 Å². The van der Waals surface area contributed by atoms with Crippen LogP contribution in [0.25, 0.3) is 17.3 Å². The molecule has 5 rings (SSSR count). The topological polar surface area (TPSA) is 67.2 Å². The Morgan fingerprint density at radius 2 is 1.84 bits per heavy atom. The van der Waals surface area contributed by atoms with Crippen molar-refractivity contribution in [2.45, 2.75) is 58.5 Å². The standard InChI is InChI=1S/C22H24N6O.C2H6/c1-3-17-21(29)26(2)18-14-24-22(25-20(18)28(17)16-10-7-11-16)27-13-12-23-19(27)15-8-5-4-6-9-15;1-2/h4-6,8-9,12-14,16-17H,3,7,10-11H2,1-2H3;1-2H3/t17-;/m1./s1. The Hall–Kier alpha value is -3.22. The quantitative estimate of drug-likeness (QED) is 0.625. The van der Waals surface area contributed by atoms with E-state index in [2.05, 4.69) is 21.8 Å². The zero-order chi connectivity index (χ0) is 22.0. The molecule has 1 aliphatic heterocycles. The highest BCUT2D eigenvalue weighted by Crippen LogP contribution is 2.40. The fourth-order valence-corrected chi connectivity index (χ4v) is 4.24. The monoisotopic (exact) mass is 418 g/mol. The highest BCUT2D eigenvalue weighted by atomic mass is 16.2. The number of rotatable bonds is 4. The number of hydrogen-bond donors (Lipinski definition) is 0. The number of amides is 1. The summed E-state index contributed by atoms with van der Waals surface area (Å²) in [6.45, 7) is 6.07. The minimum atomic E-state index is -0.170. The van der Waals surface area contributed by atoms with Crippen molar-refractivity contribution < 1.29 is 4.79 Å². The van der Waals surface area contributed by atoms with E-state index in [1.165, 1.54) is 6.42 Å². The number of benzene rings is 1. The van der Waals surface area contributed by atoms with Crippen LogP contribution in [0.15, 0.2) is 48.9 Å². The maximum Gasteiger partial charge on any atom is 0.249 e. The molecule has 1 aromatic carbocycles. The van der Waals surface area contributed by atoms with Crippen molar-refractivity contribution >= 4 is 17.4 Å². The first-order valence-corrected chi connectivity index (χ1v) is 11.2. The van der Waals surface area contributed by atoms with E-state index in [-0.39, 0.29) is 11.9 Å². The van der Waals surface area contributed by atoms with Crippen molar-refractivity contribution in [3.8, 4) is 17.3 Å². The van der Waals surface area contributed by atoms with Crippen molar-refractivity contribution in [1.82, 2.24) is 19.5 Å². The molecule has 3 heterocycles. The summed E-state index contributed by atoms with van der Waals surface area (Å²) >= 11 is 0. The van der Waals surface area contributed by atoms with Gasteiger partial charge in [0.05, 0.1) is 6.20 Å². The second kappa shape index (κ2) is 8.88. The van der Waals surface area contributed by atoms with E-state index in [9.17, 15) is 4.79 Å². The molecule has 31 heavy (non-hydrogen) atoms. The van der Waals surface area contributed by atoms with Crippen LogP contribution in [0.2, 0.25) is 0 Å². The summed E-state index contributed by atoms with van der Waals surface area (Å²) in [6.07, 6.45) is 9.58. The Labute approximate surface area is 183 Å². The number of imidazole rings is 1. The minimum Gasteiger partial charge on any atom is -0.340 e. The molecule has 0 radical (unpaired) electrons. The van der Waals surface area contributed by atoms with Crippen molar-refractivity contribution in [3.63, 3.8) is 0 Å². The molecular formula is C24H30N6O. The molecule has 162 valence electrons. The average molecular weight is 419 g/mol. The third-order valence-corrected chi connectivity index (χ3v) is 6.04. The molecule has 7 nitrogen and oxygen atoms in total. The van der Waals surface area contributed by atoms with Gasteiger partial charge < -0.3 is 9.80 Å². The molecule has 0 bridgehead atoms. The molecule has 0 saturated heterocycles. The summed E-state index contributed by atoms with van der Waals surface area (Å²) in [5.74, 6) is 2.34. The van der Waals surface area contributed by atoms with Gasteiger partial charge in [-0.05, 0) is 25.7 Å². The molecule has 0 unspecified atom stereocenters. The lowest BCUT2D eigenvalue weighted by Gasteiger charge is -2.47. The second-order valence-electron chi connectivity index (χ2n) is 7.68. The Balaban J connectivity index is 0.00000112. The lowest BCUT2D eigenvalue weighted by atomic mass is 9.88. The van der Waals surface area contributed by atoms with E-state index in [1.807, 2.05) is 62.0 Å². The maximum absolute atomic E-state index is 12.9. The van der Waals surface area contributed by atoms with Crippen LogP contribution in [-0.2, 0) is 4.79 Å². The van der Waals surface area contributed by atoms with Gasteiger partial charge >= 0.3 is 0 Å². The van der Waals surface area contributed by atoms with E-state index >= 15 is 0 Å². The zero-order valence-corrected chi connectivity index (χ0v) is 18.7. The highest BCUT2D eigenvalue weighted by molar-refractivity contribution is 6.04. The normalized spacial score (nSPS) is 18.2. The van der Waals surface area contributed by atoms with Gasteiger partial charge in [-0.2, -0.15) is 4.98 Å². The minimum absolute atomic E-state index is 0.121. The number of carbonyl (C=O) groups is 1. The van der Waals surface area contributed by atoms with Gasteiger partial charge in [0.1, 0.15) is 17.6 Å². The summed E-state index contributed by atoms with van der Waals surface area (Å²) in [6, 6.07) is 10.2. The third kappa shape index (κ3) is 3.58. The van der Waals surface area contributed by atoms with Crippen molar-refractivity contribution in [3.05, 3.63) is 48.9 Å². The number of aromatic nitrogens is 4. The molecule has 1 atom stereocenters. The highest BCUT2D eigenvalue weighted by Gasteiger charge is 2.42. The SMILES string of the molecule is CC.CC[C@@H]1C(=O)N(C)c2cnc(-n3ccnc3-c3ccccc3)nc2N1C1CCC1. The van der Waals surface area contributed by atoms with Gasteiger partial charge in [0.25, 0.3) is 0 Å². The molecular weight excluding hydrogens is 388 g/mol. The Bertz CT molecular complexity index is 1040. The summed E-state index contributed by atoms with van der Waals surface area (Å²) < 4.78 is 1.91. The van der Waals surface area contributed by atoms with E-state index < -0.39 is 0 Å².